The highest BCUT2D eigenvalue weighted by Crippen LogP contribution is 2.27. The molecule has 1 saturated heterocycles. The predicted molar refractivity (Wildman–Crippen MR) is 109 cm³/mol. The highest BCUT2D eigenvalue weighted by Gasteiger charge is 2.32. The molecule has 0 saturated carbocycles. The molecule has 27 heavy (non-hydrogen) atoms. The van der Waals surface area contributed by atoms with E-state index in [9.17, 15) is 9.59 Å². The van der Waals surface area contributed by atoms with Crippen molar-refractivity contribution in [2.45, 2.75) is 25.5 Å². The molecule has 1 heterocycles. The highest BCUT2D eigenvalue weighted by atomic mass is 32.2. The number of rotatable bonds is 5. The van der Waals surface area contributed by atoms with Gasteiger partial charge in [0.15, 0.2) is 5.17 Å². The minimum atomic E-state index is -0.500. The first-order valence-corrected chi connectivity index (χ1v) is 9.40. The molecule has 2 aromatic rings. The number of hydrogen-bond donors (Lipinski definition) is 2. The molecule has 0 spiro atoms. The molecule has 0 aliphatic carbocycles. The van der Waals surface area contributed by atoms with Gasteiger partial charge in [-0.05, 0) is 43.2 Å². The normalized spacial score (nSPS) is 17.7. The average Bonchev–Trinajstić information content (AvgIpc) is 2.97. The number of thioether (sulfide) groups is 1. The van der Waals surface area contributed by atoms with Crippen molar-refractivity contribution in [3.05, 3.63) is 53.6 Å². The number of aliphatic imine (C=N–C) groups is 1. The second-order valence-electron chi connectivity index (χ2n) is 6.28. The average molecular weight is 383 g/mol. The fourth-order valence-corrected chi connectivity index (χ4v) is 3.62. The maximum Gasteiger partial charge on any atom is 0.240 e. The number of hydrogen-bond acceptors (Lipinski definition) is 5. The van der Waals surface area contributed by atoms with Crippen LogP contribution in [0.3, 0.4) is 0 Å². The van der Waals surface area contributed by atoms with Crippen LogP contribution in [0.1, 0.15) is 17.5 Å². The van der Waals surface area contributed by atoms with Crippen LogP contribution in [0.4, 0.5) is 11.4 Å². The summed E-state index contributed by atoms with van der Waals surface area (Å²) in [7, 11) is 1.59. The molecular weight excluding hydrogens is 362 g/mol. The molecule has 1 fully saturated rings. The summed E-state index contributed by atoms with van der Waals surface area (Å²) in [5.41, 5.74) is 3.50. The van der Waals surface area contributed by atoms with E-state index >= 15 is 0 Å². The summed E-state index contributed by atoms with van der Waals surface area (Å²) < 4.78 is 5.17. The number of aryl methyl sites for hydroxylation is 2. The molecule has 1 atom stereocenters. The van der Waals surface area contributed by atoms with Gasteiger partial charge in [-0.25, -0.2) is 4.99 Å². The summed E-state index contributed by atoms with van der Waals surface area (Å²) in [6, 6.07) is 13.1. The molecule has 1 aliphatic heterocycles. The maximum absolute atomic E-state index is 12.4. The van der Waals surface area contributed by atoms with E-state index < -0.39 is 5.25 Å². The topological polar surface area (TPSA) is 79.8 Å². The Bertz CT molecular complexity index is 911. The fraction of sp³-hybridized carbons (Fsp3) is 0.250. The third-order valence-electron chi connectivity index (χ3n) is 4.10. The summed E-state index contributed by atoms with van der Waals surface area (Å²) in [5, 5.41) is 5.61. The van der Waals surface area contributed by atoms with Gasteiger partial charge in [0, 0.05) is 18.2 Å². The van der Waals surface area contributed by atoms with Crippen LogP contribution in [-0.4, -0.2) is 29.3 Å². The molecule has 140 valence electrons. The lowest BCUT2D eigenvalue weighted by Crippen LogP contribution is -2.28. The van der Waals surface area contributed by atoms with Gasteiger partial charge in [0.05, 0.1) is 12.8 Å². The smallest absolute Gasteiger partial charge is 0.240 e. The van der Waals surface area contributed by atoms with Gasteiger partial charge in [-0.2, -0.15) is 0 Å². The van der Waals surface area contributed by atoms with E-state index in [1.807, 2.05) is 50.2 Å². The maximum atomic E-state index is 12.4. The Morgan fingerprint density at radius 1 is 1.26 bits per heavy atom. The molecule has 0 bridgehead atoms. The van der Waals surface area contributed by atoms with Crippen molar-refractivity contribution in [3.63, 3.8) is 0 Å². The Labute approximate surface area is 162 Å². The van der Waals surface area contributed by atoms with Crippen molar-refractivity contribution in [3.8, 4) is 5.75 Å². The Balaban J connectivity index is 1.64. The predicted octanol–water partition coefficient (Wildman–Crippen LogP) is 3.56. The van der Waals surface area contributed by atoms with Crippen LogP contribution in [0.2, 0.25) is 0 Å². The van der Waals surface area contributed by atoms with E-state index in [2.05, 4.69) is 15.6 Å². The molecule has 0 aromatic heterocycles. The first kappa shape index (κ1) is 19.0. The molecule has 2 amide bonds. The third-order valence-corrected chi connectivity index (χ3v) is 5.18. The summed E-state index contributed by atoms with van der Waals surface area (Å²) >= 11 is 1.26. The molecule has 2 aromatic carbocycles. The molecule has 6 nitrogen and oxygen atoms in total. The molecule has 7 heteroatoms. The van der Waals surface area contributed by atoms with E-state index in [-0.39, 0.29) is 18.2 Å². The van der Waals surface area contributed by atoms with Crippen molar-refractivity contribution < 1.29 is 14.3 Å². The lowest BCUT2D eigenvalue weighted by molar-refractivity contribution is -0.122. The Kier molecular flexibility index (Phi) is 5.81. The Morgan fingerprint density at radius 2 is 2.07 bits per heavy atom. The van der Waals surface area contributed by atoms with Crippen molar-refractivity contribution in [2.75, 3.05) is 12.4 Å². The van der Waals surface area contributed by atoms with E-state index in [0.717, 1.165) is 16.8 Å². The number of carbonyl (C=O) groups excluding carboxylic acids is 2. The van der Waals surface area contributed by atoms with Gasteiger partial charge in [0.1, 0.15) is 11.0 Å². The zero-order valence-corrected chi connectivity index (χ0v) is 16.2. The number of amides is 2. The number of nitrogens with zero attached hydrogens (tertiary/aromatic N) is 1. The monoisotopic (exact) mass is 383 g/mol. The van der Waals surface area contributed by atoms with Gasteiger partial charge in [-0.3, -0.25) is 9.59 Å². The molecule has 3 rings (SSSR count). The van der Waals surface area contributed by atoms with Crippen molar-refractivity contribution in [2.24, 2.45) is 4.99 Å². The zero-order valence-electron chi connectivity index (χ0n) is 15.4. The largest absolute Gasteiger partial charge is 0.497 e. The summed E-state index contributed by atoms with van der Waals surface area (Å²) in [6.45, 7) is 3.90. The highest BCUT2D eigenvalue weighted by molar-refractivity contribution is 8.15. The van der Waals surface area contributed by atoms with Gasteiger partial charge < -0.3 is 15.4 Å². The SMILES string of the molecule is COc1cccc(N=C2NC(=O)[C@@H](CC(=O)Nc3cc(C)ccc3C)S2)c1. The number of nitrogens with one attached hydrogen (secondary N) is 2. The van der Waals surface area contributed by atoms with Crippen LogP contribution >= 0.6 is 11.8 Å². The van der Waals surface area contributed by atoms with Gasteiger partial charge in [-0.15, -0.1) is 0 Å². The second-order valence-corrected chi connectivity index (χ2v) is 7.48. The van der Waals surface area contributed by atoms with E-state index in [1.54, 1.807) is 13.2 Å². The lowest BCUT2D eigenvalue weighted by atomic mass is 10.1. The number of amidine groups is 1. The minimum absolute atomic E-state index is 0.0843. The standard InChI is InChI=1S/C20H21N3O3S/c1-12-7-8-13(2)16(9-12)22-18(24)11-17-19(25)23-20(27-17)21-14-5-4-6-15(10-14)26-3/h4-10,17H,11H2,1-3H3,(H,22,24)(H,21,23,25)/t17-/m1/s1. The van der Waals surface area contributed by atoms with Crippen LogP contribution < -0.4 is 15.4 Å². The molecule has 0 unspecified atom stereocenters. The summed E-state index contributed by atoms with van der Waals surface area (Å²) in [5.74, 6) is 0.285. The van der Waals surface area contributed by atoms with Gasteiger partial charge in [-0.1, -0.05) is 30.0 Å². The van der Waals surface area contributed by atoms with E-state index in [0.29, 0.717) is 16.6 Å². The van der Waals surface area contributed by atoms with Crippen LogP contribution in [0.5, 0.6) is 5.75 Å². The van der Waals surface area contributed by atoms with Gasteiger partial charge in [0.2, 0.25) is 11.8 Å². The van der Waals surface area contributed by atoms with Crippen molar-refractivity contribution >= 4 is 40.1 Å². The number of anilines is 1. The number of carbonyl (C=O) groups is 2. The molecule has 1 aliphatic rings. The van der Waals surface area contributed by atoms with Gasteiger partial charge in [0.25, 0.3) is 0 Å². The second kappa shape index (κ2) is 8.26. The molecular formula is C20H21N3O3S. The van der Waals surface area contributed by atoms with E-state index in [1.165, 1.54) is 11.8 Å². The van der Waals surface area contributed by atoms with Crippen LogP contribution in [0.15, 0.2) is 47.5 Å². The third kappa shape index (κ3) is 4.89. The first-order valence-electron chi connectivity index (χ1n) is 8.52. The van der Waals surface area contributed by atoms with E-state index in [4.69, 9.17) is 4.74 Å². The first-order chi connectivity index (χ1) is 12.9. The van der Waals surface area contributed by atoms with Crippen LogP contribution in [0, 0.1) is 13.8 Å². The van der Waals surface area contributed by atoms with Gasteiger partial charge >= 0.3 is 0 Å². The Morgan fingerprint density at radius 3 is 2.85 bits per heavy atom. The summed E-state index contributed by atoms with van der Waals surface area (Å²) in [4.78, 5) is 29.0. The summed E-state index contributed by atoms with van der Waals surface area (Å²) in [6.07, 6.45) is 0.0843. The van der Waals surface area contributed by atoms with Crippen LogP contribution in [0.25, 0.3) is 0 Å². The number of ether oxygens (including phenoxy) is 1. The van der Waals surface area contributed by atoms with Crippen molar-refractivity contribution in [1.82, 2.24) is 5.32 Å². The number of methoxy groups -OCH3 is 1. The molecule has 2 N–H and O–H groups in total. The fourth-order valence-electron chi connectivity index (χ4n) is 2.63. The quantitative estimate of drug-likeness (QED) is 0.827. The molecule has 0 radical (unpaired) electrons. The lowest BCUT2D eigenvalue weighted by Gasteiger charge is -2.10. The number of benzene rings is 2. The zero-order chi connectivity index (χ0) is 19.4. The van der Waals surface area contributed by atoms with Crippen LogP contribution in [-0.2, 0) is 9.59 Å². The van der Waals surface area contributed by atoms with Crippen molar-refractivity contribution in [1.29, 1.82) is 0 Å². The minimum Gasteiger partial charge on any atom is -0.497 e. The Hall–Kier alpha value is -2.80.